The molecule has 0 saturated carbocycles. The van der Waals surface area contributed by atoms with Crippen molar-refractivity contribution in [1.29, 1.82) is 0 Å². The molecule has 1 aliphatic rings. The molecular weight excluding hydrogens is 380 g/mol. The highest BCUT2D eigenvalue weighted by molar-refractivity contribution is 5.99. The Balaban J connectivity index is 1.36. The number of carbonyl (C=O) groups is 2. The van der Waals surface area contributed by atoms with Crippen molar-refractivity contribution in [2.45, 2.75) is 12.8 Å². The summed E-state index contributed by atoms with van der Waals surface area (Å²) in [6.07, 6.45) is 8.14. The molecular formula is C22H22N6O2. The lowest BCUT2D eigenvalue weighted by Crippen LogP contribution is -2.29. The average molecular weight is 402 g/mol. The van der Waals surface area contributed by atoms with Gasteiger partial charge in [-0.15, -0.1) is 0 Å². The molecule has 3 aromatic rings. The van der Waals surface area contributed by atoms with Crippen molar-refractivity contribution in [3.05, 3.63) is 73.0 Å². The molecule has 0 spiro atoms. The van der Waals surface area contributed by atoms with E-state index in [4.69, 9.17) is 0 Å². The Labute approximate surface area is 174 Å². The first kappa shape index (κ1) is 19.5. The van der Waals surface area contributed by atoms with Gasteiger partial charge in [-0.1, -0.05) is 6.58 Å². The van der Waals surface area contributed by atoms with Crippen molar-refractivity contribution in [3.8, 4) is 11.3 Å². The third-order valence-corrected chi connectivity index (χ3v) is 5.13. The fourth-order valence-corrected chi connectivity index (χ4v) is 3.56. The second kappa shape index (κ2) is 8.69. The summed E-state index contributed by atoms with van der Waals surface area (Å²) in [4.78, 5) is 35.1. The molecule has 1 aromatic carbocycles. The van der Waals surface area contributed by atoms with Crippen LogP contribution in [0.5, 0.6) is 0 Å². The van der Waals surface area contributed by atoms with Gasteiger partial charge >= 0.3 is 0 Å². The molecule has 0 aliphatic carbocycles. The summed E-state index contributed by atoms with van der Waals surface area (Å²) >= 11 is 0. The molecule has 1 atom stereocenters. The number of likely N-dealkylation sites (tertiary alicyclic amines) is 1. The molecule has 2 amide bonds. The molecule has 152 valence electrons. The quantitative estimate of drug-likeness (QED) is 0.617. The second-order valence-corrected chi connectivity index (χ2v) is 7.23. The lowest BCUT2D eigenvalue weighted by atomic mass is 10.0. The molecule has 8 heteroatoms. The van der Waals surface area contributed by atoms with E-state index in [2.05, 4.69) is 32.1 Å². The molecule has 4 rings (SSSR count). The number of aromatic amines is 1. The SMILES string of the molecule is C=CC(=O)Nc1ccc(C(=O)N2CC[C@@H](Cc3nccc(-c4cn[nH]c4)n3)C2)cc1. The Morgan fingerprint density at radius 2 is 2.10 bits per heavy atom. The highest BCUT2D eigenvalue weighted by Crippen LogP contribution is 2.23. The van der Waals surface area contributed by atoms with E-state index in [1.807, 2.05) is 11.0 Å². The number of carbonyl (C=O) groups excluding carboxylic acids is 2. The lowest BCUT2D eigenvalue weighted by molar-refractivity contribution is -0.111. The maximum Gasteiger partial charge on any atom is 0.253 e. The lowest BCUT2D eigenvalue weighted by Gasteiger charge is -2.17. The van der Waals surface area contributed by atoms with Gasteiger partial charge in [0.1, 0.15) is 5.82 Å². The number of anilines is 1. The van der Waals surface area contributed by atoms with Crippen LogP contribution in [0.2, 0.25) is 0 Å². The number of benzene rings is 1. The number of amides is 2. The summed E-state index contributed by atoms with van der Waals surface area (Å²) in [7, 11) is 0. The van der Waals surface area contributed by atoms with Crippen LogP contribution in [0.3, 0.4) is 0 Å². The van der Waals surface area contributed by atoms with Gasteiger partial charge in [0.25, 0.3) is 5.91 Å². The largest absolute Gasteiger partial charge is 0.338 e. The first-order valence-corrected chi connectivity index (χ1v) is 9.76. The minimum Gasteiger partial charge on any atom is -0.338 e. The van der Waals surface area contributed by atoms with Gasteiger partial charge in [-0.25, -0.2) is 9.97 Å². The Morgan fingerprint density at radius 3 is 2.83 bits per heavy atom. The zero-order chi connectivity index (χ0) is 20.9. The number of nitrogens with zero attached hydrogens (tertiary/aromatic N) is 4. The molecule has 0 bridgehead atoms. The van der Waals surface area contributed by atoms with E-state index >= 15 is 0 Å². The second-order valence-electron chi connectivity index (χ2n) is 7.23. The van der Waals surface area contributed by atoms with E-state index < -0.39 is 0 Å². The number of H-pyrrole nitrogens is 1. The Bertz CT molecular complexity index is 1050. The van der Waals surface area contributed by atoms with Gasteiger partial charge < -0.3 is 10.2 Å². The van der Waals surface area contributed by atoms with Crippen molar-refractivity contribution in [1.82, 2.24) is 25.1 Å². The van der Waals surface area contributed by atoms with Crippen LogP contribution in [0, 0.1) is 5.92 Å². The van der Waals surface area contributed by atoms with Crippen LogP contribution >= 0.6 is 0 Å². The van der Waals surface area contributed by atoms with Gasteiger partial charge in [0.2, 0.25) is 5.91 Å². The van der Waals surface area contributed by atoms with Crippen molar-refractivity contribution in [2.75, 3.05) is 18.4 Å². The predicted octanol–water partition coefficient (Wildman–Crippen LogP) is 2.70. The van der Waals surface area contributed by atoms with Gasteiger partial charge in [0.15, 0.2) is 0 Å². The van der Waals surface area contributed by atoms with Crippen LogP contribution in [0.25, 0.3) is 11.3 Å². The summed E-state index contributed by atoms with van der Waals surface area (Å²) in [5.41, 5.74) is 2.99. The van der Waals surface area contributed by atoms with E-state index in [1.165, 1.54) is 6.08 Å². The molecule has 1 aliphatic heterocycles. The van der Waals surface area contributed by atoms with E-state index in [1.54, 1.807) is 42.9 Å². The molecule has 1 saturated heterocycles. The molecule has 0 unspecified atom stereocenters. The molecule has 1 fully saturated rings. The number of nitrogens with one attached hydrogen (secondary N) is 2. The number of hydrogen-bond acceptors (Lipinski definition) is 5. The van der Waals surface area contributed by atoms with E-state index in [-0.39, 0.29) is 11.8 Å². The molecule has 8 nitrogen and oxygen atoms in total. The first-order chi connectivity index (χ1) is 14.6. The van der Waals surface area contributed by atoms with Gasteiger partial charge in [-0.05, 0) is 48.7 Å². The molecule has 30 heavy (non-hydrogen) atoms. The monoisotopic (exact) mass is 402 g/mol. The van der Waals surface area contributed by atoms with Crippen LogP contribution < -0.4 is 5.32 Å². The van der Waals surface area contributed by atoms with Crippen LogP contribution in [-0.4, -0.2) is 50.0 Å². The summed E-state index contributed by atoms with van der Waals surface area (Å²) in [6, 6.07) is 8.76. The predicted molar refractivity (Wildman–Crippen MR) is 113 cm³/mol. The average Bonchev–Trinajstić information content (AvgIpc) is 3.46. The van der Waals surface area contributed by atoms with Crippen molar-refractivity contribution < 1.29 is 9.59 Å². The number of hydrogen-bond donors (Lipinski definition) is 2. The van der Waals surface area contributed by atoms with Crippen molar-refractivity contribution >= 4 is 17.5 Å². The zero-order valence-corrected chi connectivity index (χ0v) is 16.4. The highest BCUT2D eigenvalue weighted by Gasteiger charge is 2.27. The maximum absolute atomic E-state index is 12.8. The standard InChI is InChI=1S/C22H22N6O2/c1-2-21(29)26-18-5-3-16(4-6-18)22(30)28-10-8-15(14-28)11-20-23-9-7-19(27-20)17-12-24-25-13-17/h2-7,9,12-13,15H,1,8,10-11,14H2,(H,24,25)(H,26,29)/t15-/m0/s1. The molecule has 2 aromatic heterocycles. The van der Waals surface area contributed by atoms with Gasteiger partial charge in [-0.3, -0.25) is 14.7 Å². The third kappa shape index (κ3) is 4.43. The van der Waals surface area contributed by atoms with E-state index in [0.29, 0.717) is 30.3 Å². The van der Waals surface area contributed by atoms with Crippen LogP contribution in [0.4, 0.5) is 5.69 Å². The van der Waals surface area contributed by atoms with Crippen LogP contribution in [-0.2, 0) is 11.2 Å². The van der Waals surface area contributed by atoms with Gasteiger partial charge in [0.05, 0.1) is 11.9 Å². The van der Waals surface area contributed by atoms with Crippen molar-refractivity contribution in [2.24, 2.45) is 5.92 Å². The minimum absolute atomic E-state index is 0.00726. The topological polar surface area (TPSA) is 104 Å². The Kier molecular flexibility index (Phi) is 5.65. The number of aromatic nitrogens is 4. The first-order valence-electron chi connectivity index (χ1n) is 9.76. The third-order valence-electron chi connectivity index (χ3n) is 5.13. The minimum atomic E-state index is -0.282. The van der Waals surface area contributed by atoms with E-state index in [0.717, 1.165) is 29.9 Å². The normalized spacial score (nSPS) is 15.7. The summed E-state index contributed by atoms with van der Waals surface area (Å²) in [6.45, 7) is 4.81. The van der Waals surface area contributed by atoms with Gasteiger partial charge in [0, 0.05) is 48.7 Å². The highest BCUT2D eigenvalue weighted by atomic mass is 16.2. The Morgan fingerprint density at radius 1 is 1.27 bits per heavy atom. The fourth-order valence-electron chi connectivity index (χ4n) is 3.56. The maximum atomic E-state index is 12.8. The molecule has 0 radical (unpaired) electrons. The van der Waals surface area contributed by atoms with E-state index in [9.17, 15) is 9.59 Å². The smallest absolute Gasteiger partial charge is 0.253 e. The summed E-state index contributed by atoms with van der Waals surface area (Å²) < 4.78 is 0. The molecule has 2 N–H and O–H groups in total. The number of rotatable bonds is 6. The van der Waals surface area contributed by atoms with Crippen LogP contribution in [0.1, 0.15) is 22.6 Å². The van der Waals surface area contributed by atoms with Crippen LogP contribution in [0.15, 0.2) is 61.6 Å². The Hall–Kier alpha value is -3.81. The van der Waals surface area contributed by atoms with Crippen molar-refractivity contribution in [3.63, 3.8) is 0 Å². The van der Waals surface area contributed by atoms with Gasteiger partial charge in [-0.2, -0.15) is 5.10 Å². The summed E-state index contributed by atoms with van der Waals surface area (Å²) in [5.74, 6) is 0.803. The zero-order valence-electron chi connectivity index (χ0n) is 16.4. The molecule has 3 heterocycles. The fraction of sp³-hybridized carbons (Fsp3) is 0.227. The summed E-state index contributed by atoms with van der Waals surface area (Å²) in [5, 5.41) is 9.42.